The largest absolute Gasteiger partial charge is 0.279 e. The number of halogens is 3. The molecule has 0 radical (unpaired) electrons. The second kappa shape index (κ2) is 7.54. The smallest absolute Gasteiger partial charge is 0.264 e. The minimum atomic E-state index is -4.06. The number of aryl methyl sites for hydroxylation is 3. The van der Waals surface area contributed by atoms with Crippen molar-refractivity contribution >= 4 is 55.8 Å². The van der Waals surface area contributed by atoms with Gasteiger partial charge in [-0.2, -0.15) is 0 Å². The Bertz CT molecular complexity index is 919. The SMILES string of the molecule is Cc1cc(C)c(N(CC(=O)Cl)S(=O)(=O)c2ccc(Cl)c(Cl)c2)c(C)c1. The van der Waals surface area contributed by atoms with Crippen molar-refractivity contribution in [1.82, 2.24) is 0 Å². The Kier molecular flexibility index (Phi) is 6.05. The molecule has 2 rings (SSSR count). The first-order valence-corrected chi connectivity index (χ1v) is 9.85. The van der Waals surface area contributed by atoms with E-state index in [4.69, 9.17) is 34.8 Å². The van der Waals surface area contributed by atoms with Gasteiger partial charge in [0.2, 0.25) is 5.24 Å². The van der Waals surface area contributed by atoms with Crippen LogP contribution in [0.3, 0.4) is 0 Å². The van der Waals surface area contributed by atoms with E-state index < -0.39 is 21.8 Å². The number of carbonyl (C=O) groups is 1. The van der Waals surface area contributed by atoms with Crippen molar-refractivity contribution in [3.63, 3.8) is 0 Å². The van der Waals surface area contributed by atoms with Crippen molar-refractivity contribution < 1.29 is 13.2 Å². The molecule has 0 bridgehead atoms. The van der Waals surface area contributed by atoms with E-state index in [9.17, 15) is 13.2 Å². The van der Waals surface area contributed by atoms with Gasteiger partial charge < -0.3 is 0 Å². The molecule has 0 aliphatic carbocycles. The lowest BCUT2D eigenvalue weighted by atomic mass is 10.1. The number of rotatable bonds is 5. The zero-order chi connectivity index (χ0) is 18.9. The Hall–Kier alpha value is -1.27. The normalized spacial score (nSPS) is 11.4. The Morgan fingerprint density at radius 1 is 1.00 bits per heavy atom. The van der Waals surface area contributed by atoms with E-state index in [0.29, 0.717) is 5.69 Å². The highest BCUT2D eigenvalue weighted by molar-refractivity contribution is 7.92. The van der Waals surface area contributed by atoms with E-state index in [2.05, 4.69) is 0 Å². The van der Waals surface area contributed by atoms with Gasteiger partial charge in [0.25, 0.3) is 10.0 Å². The third kappa shape index (κ3) is 4.29. The standard InChI is InChI=1S/C17H16Cl3NO3S/c1-10-6-11(2)17(12(3)7-10)21(9-16(20)22)25(23,24)13-4-5-14(18)15(19)8-13/h4-8H,9H2,1-3H3. The lowest BCUT2D eigenvalue weighted by molar-refractivity contribution is -0.110. The van der Waals surface area contributed by atoms with E-state index in [-0.39, 0.29) is 14.9 Å². The van der Waals surface area contributed by atoms with Crippen LogP contribution < -0.4 is 4.31 Å². The van der Waals surface area contributed by atoms with E-state index >= 15 is 0 Å². The quantitative estimate of drug-likeness (QED) is 0.648. The summed E-state index contributed by atoms with van der Waals surface area (Å²) in [6.07, 6.45) is 0. The van der Waals surface area contributed by atoms with E-state index in [0.717, 1.165) is 21.0 Å². The fraction of sp³-hybridized carbons (Fsp3) is 0.235. The van der Waals surface area contributed by atoms with Crippen LogP contribution in [0.1, 0.15) is 16.7 Å². The maximum atomic E-state index is 13.1. The summed E-state index contributed by atoms with van der Waals surface area (Å²) in [4.78, 5) is 11.5. The number of nitrogens with zero attached hydrogens (tertiary/aromatic N) is 1. The van der Waals surface area contributed by atoms with Crippen LogP contribution in [-0.4, -0.2) is 20.2 Å². The molecule has 0 aromatic heterocycles. The summed E-state index contributed by atoms with van der Waals surface area (Å²) in [6.45, 7) is 4.99. The number of carbonyl (C=O) groups excluding carboxylic acids is 1. The highest BCUT2D eigenvalue weighted by atomic mass is 35.5. The van der Waals surface area contributed by atoms with Gasteiger partial charge in [0.15, 0.2) is 0 Å². The molecule has 25 heavy (non-hydrogen) atoms. The van der Waals surface area contributed by atoms with Crippen molar-refractivity contribution in [2.45, 2.75) is 25.7 Å². The Labute approximate surface area is 162 Å². The van der Waals surface area contributed by atoms with Gasteiger partial charge in [-0.25, -0.2) is 8.42 Å². The summed E-state index contributed by atoms with van der Waals surface area (Å²) < 4.78 is 27.3. The third-order valence-electron chi connectivity index (χ3n) is 3.63. The molecule has 134 valence electrons. The van der Waals surface area contributed by atoms with Gasteiger partial charge in [-0.3, -0.25) is 9.10 Å². The summed E-state index contributed by atoms with van der Waals surface area (Å²) in [5.41, 5.74) is 2.85. The van der Waals surface area contributed by atoms with Crippen LogP contribution in [0.5, 0.6) is 0 Å². The molecule has 0 saturated carbocycles. The van der Waals surface area contributed by atoms with Crippen LogP contribution in [0.2, 0.25) is 10.0 Å². The molecule has 0 fully saturated rings. The maximum absolute atomic E-state index is 13.1. The maximum Gasteiger partial charge on any atom is 0.264 e. The molecule has 0 aliphatic rings. The van der Waals surface area contributed by atoms with Gasteiger partial charge in [0.05, 0.1) is 20.6 Å². The Balaban J connectivity index is 2.69. The number of anilines is 1. The van der Waals surface area contributed by atoms with Crippen LogP contribution in [0.25, 0.3) is 0 Å². The number of sulfonamides is 1. The van der Waals surface area contributed by atoms with E-state index in [1.807, 2.05) is 19.1 Å². The summed E-state index contributed by atoms with van der Waals surface area (Å²) in [5.74, 6) is 0. The monoisotopic (exact) mass is 419 g/mol. The van der Waals surface area contributed by atoms with Gasteiger partial charge in [0.1, 0.15) is 6.54 Å². The minimum Gasteiger partial charge on any atom is -0.279 e. The van der Waals surface area contributed by atoms with Crippen molar-refractivity contribution in [2.24, 2.45) is 0 Å². The molecule has 0 N–H and O–H groups in total. The van der Waals surface area contributed by atoms with Crippen molar-refractivity contribution in [3.8, 4) is 0 Å². The molecule has 0 aliphatic heterocycles. The lowest BCUT2D eigenvalue weighted by Gasteiger charge is -2.27. The van der Waals surface area contributed by atoms with Gasteiger partial charge in [-0.05, 0) is 61.7 Å². The van der Waals surface area contributed by atoms with Gasteiger partial charge in [-0.15, -0.1) is 0 Å². The fourth-order valence-electron chi connectivity index (χ4n) is 2.73. The molecular weight excluding hydrogens is 405 g/mol. The number of benzene rings is 2. The van der Waals surface area contributed by atoms with Crippen LogP contribution in [0.4, 0.5) is 5.69 Å². The molecule has 0 spiro atoms. The summed E-state index contributed by atoms with van der Waals surface area (Å²) in [7, 11) is -4.06. The molecular formula is C17H16Cl3NO3S. The predicted molar refractivity (Wildman–Crippen MR) is 103 cm³/mol. The fourth-order valence-corrected chi connectivity index (χ4v) is 4.86. The molecule has 0 saturated heterocycles. The van der Waals surface area contributed by atoms with Crippen LogP contribution in [0, 0.1) is 20.8 Å². The average Bonchev–Trinajstić information content (AvgIpc) is 2.47. The van der Waals surface area contributed by atoms with Crippen molar-refractivity contribution in [1.29, 1.82) is 0 Å². The molecule has 0 amide bonds. The molecule has 0 atom stereocenters. The third-order valence-corrected chi connectivity index (χ3v) is 6.23. The molecule has 4 nitrogen and oxygen atoms in total. The molecule has 2 aromatic carbocycles. The first-order valence-electron chi connectivity index (χ1n) is 7.28. The molecule has 8 heteroatoms. The lowest BCUT2D eigenvalue weighted by Crippen LogP contribution is -2.35. The van der Waals surface area contributed by atoms with Crippen LogP contribution in [0.15, 0.2) is 35.2 Å². The highest BCUT2D eigenvalue weighted by Crippen LogP contribution is 2.33. The molecule has 0 heterocycles. The predicted octanol–water partition coefficient (Wildman–Crippen LogP) is 4.88. The molecule has 2 aromatic rings. The van der Waals surface area contributed by atoms with Crippen LogP contribution in [-0.2, 0) is 14.8 Å². The van der Waals surface area contributed by atoms with Crippen molar-refractivity contribution in [2.75, 3.05) is 10.8 Å². The zero-order valence-corrected chi connectivity index (χ0v) is 16.9. The van der Waals surface area contributed by atoms with E-state index in [1.165, 1.54) is 18.2 Å². The summed E-state index contributed by atoms with van der Waals surface area (Å²) in [6, 6.07) is 7.68. The second-order valence-electron chi connectivity index (χ2n) is 5.69. The van der Waals surface area contributed by atoms with E-state index in [1.54, 1.807) is 13.8 Å². The average molecular weight is 421 g/mol. The van der Waals surface area contributed by atoms with Gasteiger partial charge >= 0.3 is 0 Å². The summed E-state index contributed by atoms with van der Waals surface area (Å²) in [5, 5.41) is -0.441. The highest BCUT2D eigenvalue weighted by Gasteiger charge is 2.29. The van der Waals surface area contributed by atoms with Crippen molar-refractivity contribution in [3.05, 3.63) is 57.1 Å². The van der Waals surface area contributed by atoms with Gasteiger partial charge in [-0.1, -0.05) is 40.9 Å². The van der Waals surface area contributed by atoms with Crippen LogP contribution >= 0.6 is 34.8 Å². The summed E-state index contributed by atoms with van der Waals surface area (Å²) >= 11 is 17.3. The minimum absolute atomic E-state index is 0.0702. The topological polar surface area (TPSA) is 54.5 Å². The Morgan fingerprint density at radius 3 is 2.04 bits per heavy atom. The van der Waals surface area contributed by atoms with Gasteiger partial charge in [0, 0.05) is 0 Å². The first kappa shape index (κ1) is 20.0. The second-order valence-corrected chi connectivity index (χ2v) is 8.79. The Morgan fingerprint density at radius 2 is 1.56 bits per heavy atom. The number of hydrogen-bond acceptors (Lipinski definition) is 3. The zero-order valence-electron chi connectivity index (χ0n) is 13.8. The number of hydrogen-bond donors (Lipinski definition) is 0. The first-order chi connectivity index (χ1) is 11.5. The molecule has 0 unspecified atom stereocenters.